The van der Waals surface area contributed by atoms with Crippen molar-refractivity contribution in [3.63, 3.8) is 0 Å². The number of aliphatic hydroxyl groups is 1. The van der Waals surface area contributed by atoms with E-state index in [2.05, 4.69) is 27.7 Å². The number of hydrogen-bond donors (Lipinski definition) is 3. The molecule has 3 N–H and O–H groups in total. The van der Waals surface area contributed by atoms with Crippen molar-refractivity contribution in [2.45, 2.75) is 316 Å². The van der Waals surface area contributed by atoms with E-state index in [1.807, 2.05) is 0 Å². The molecule has 0 heterocycles. The highest BCUT2D eigenvalue weighted by atomic mass is 31.2. The lowest BCUT2D eigenvalue weighted by Gasteiger charge is -2.21. The highest BCUT2D eigenvalue weighted by Crippen LogP contribution is 2.45. The van der Waals surface area contributed by atoms with Crippen molar-refractivity contribution < 1.29 is 80.2 Å². The van der Waals surface area contributed by atoms with Crippen LogP contribution in [-0.2, 0) is 65.4 Å². The average molecular weight is 1160 g/mol. The van der Waals surface area contributed by atoms with Gasteiger partial charge in [0.05, 0.1) is 26.4 Å². The fourth-order valence-electron chi connectivity index (χ4n) is 8.75. The standard InChI is InChI=1S/C59H114O17P2/c1-5-9-13-17-21-25-26-27-28-30-34-38-42-46-59(64)76-55(50-70-57(62)44-40-36-33-29-22-18-14-10-6-2)52-74-78(67,68)72-48-53(60)47-71-77(65,66)73-51-54(75-58(63)45-41-37-32-24-20-16-12-8-4)49-69-56(61)43-39-35-31-23-19-15-11-7-3/h53-55,60H,5-52H2,1-4H3,(H,65,66)(H,67,68)/t53-,54+,55+/m0/s1. The topological polar surface area (TPSA) is 237 Å². The fraction of sp³-hybridized carbons (Fsp3) is 0.932. The minimum Gasteiger partial charge on any atom is -0.462 e. The summed E-state index contributed by atoms with van der Waals surface area (Å²) in [5.41, 5.74) is 0. The molecule has 19 heteroatoms. The number of ether oxygens (including phenoxy) is 4. The summed E-state index contributed by atoms with van der Waals surface area (Å²) >= 11 is 0. The Morgan fingerprint density at radius 2 is 0.513 bits per heavy atom. The highest BCUT2D eigenvalue weighted by Gasteiger charge is 2.30. The van der Waals surface area contributed by atoms with Crippen LogP contribution < -0.4 is 0 Å². The molecule has 0 saturated heterocycles. The molecule has 0 amide bonds. The molecule has 462 valence electrons. The number of aliphatic hydroxyl groups excluding tert-OH is 1. The molecule has 0 bridgehead atoms. The van der Waals surface area contributed by atoms with Crippen molar-refractivity contribution in [2.75, 3.05) is 39.6 Å². The lowest BCUT2D eigenvalue weighted by atomic mass is 10.0. The van der Waals surface area contributed by atoms with E-state index in [0.717, 1.165) is 103 Å². The highest BCUT2D eigenvalue weighted by molar-refractivity contribution is 7.47. The van der Waals surface area contributed by atoms with Crippen LogP contribution in [0.15, 0.2) is 0 Å². The monoisotopic (exact) mass is 1160 g/mol. The van der Waals surface area contributed by atoms with Gasteiger partial charge >= 0.3 is 39.5 Å². The number of hydrogen-bond acceptors (Lipinski definition) is 15. The first-order chi connectivity index (χ1) is 37.7. The van der Waals surface area contributed by atoms with Crippen LogP contribution in [0, 0.1) is 0 Å². The zero-order chi connectivity index (χ0) is 57.6. The van der Waals surface area contributed by atoms with Gasteiger partial charge in [0, 0.05) is 25.7 Å². The van der Waals surface area contributed by atoms with Crippen molar-refractivity contribution in [3.8, 4) is 0 Å². The molecule has 0 aromatic rings. The summed E-state index contributed by atoms with van der Waals surface area (Å²) in [6.07, 6.45) is 37.6. The lowest BCUT2D eigenvalue weighted by Crippen LogP contribution is -2.30. The Morgan fingerprint density at radius 1 is 0.308 bits per heavy atom. The quantitative estimate of drug-likeness (QED) is 0.0222. The molecule has 78 heavy (non-hydrogen) atoms. The van der Waals surface area contributed by atoms with E-state index in [0.29, 0.717) is 25.7 Å². The second-order valence-corrected chi connectivity index (χ2v) is 24.3. The van der Waals surface area contributed by atoms with E-state index in [1.165, 1.54) is 116 Å². The fourth-order valence-corrected chi connectivity index (χ4v) is 10.3. The Kier molecular flexibility index (Phi) is 53.0. The van der Waals surface area contributed by atoms with E-state index in [-0.39, 0.29) is 25.7 Å². The van der Waals surface area contributed by atoms with Gasteiger partial charge in [-0.05, 0) is 25.7 Å². The van der Waals surface area contributed by atoms with Crippen LogP contribution in [0.1, 0.15) is 297 Å². The molecule has 0 aromatic carbocycles. The first-order valence-electron chi connectivity index (χ1n) is 31.3. The zero-order valence-corrected chi connectivity index (χ0v) is 51.4. The Balaban J connectivity index is 5.19. The van der Waals surface area contributed by atoms with Crippen molar-refractivity contribution in [2.24, 2.45) is 0 Å². The average Bonchev–Trinajstić information content (AvgIpc) is 3.41. The molecule has 0 aromatic heterocycles. The van der Waals surface area contributed by atoms with Gasteiger partial charge in [-0.25, -0.2) is 9.13 Å². The molecule has 0 fully saturated rings. The Bertz CT molecular complexity index is 1520. The van der Waals surface area contributed by atoms with Gasteiger partial charge in [0.15, 0.2) is 12.2 Å². The molecule has 0 spiro atoms. The molecule has 0 radical (unpaired) electrons. The van der Waals surface area contributed by atoms with Crippen LogP contribution >= 0.6 is 15.6 Å². The first-order valence-corrected chi connectivity index (χ1v) is 34.3. The third-order valence-electron chi connectivity index (χ3n) is 13.6. The molecule has 2 unspecified atom stereocenters. The van der Waals surface area contributed by atoms with Gasteiger partial charge in [-0.2, -0.15) is 0 Å². The summed E-state index contributed by atoms with van der Waals surface area (Å²) < 4.78 is 67.6. The Labute approximate surface area is 473 Å². The van der Waals surface area contributed by atoms with E-state index >= 15 is 0 Å². The van der Waals surface area contributed by atoms with Gasteiger partial charge in [0.2, 0.25) is 0 Å². The number of carbonyl (C=O) groups is 4. The van der Waals surface area contributed by atoms with E-state index in [1.54, 1.807) is 0 Å². The zero-order valence-electron chi connectivity index (χ0n) is 49.6. The van der Waals surface area contributed by atoms with E-state index in [9.17, 15) is 43.2 Å². The summed E-state index contributed by atoms with van der Waals surface area (Å²) in [5.74, 6) is -2.14. The van der Waals surface area contributed by atoms with Gasteiger partial charge in [0.1, 0.15) is 19.3 Å². The molecule has 0 aliphatic carbocycles. The summed E-state index contributed by atoms with van der Waals surface area (Å²) in [4.78, 5) is 71.8. The molecule has 0 saturated carbocycles. The minimum absolute atomic E-state index is 0.105. The van der Waals surface area contributed by atoms with Crippen molar-refractivity contribution in [3.05, 3.63) is 0 Å². The summed E-state index contributed by atoms with van der Waals surface area (Å²) in [5, 5.41) is 10.5. The van der Waals surface area contributed by atoms with Crippen molar-refractivity contribution in [1.82, 2.24) is 0 Å². The summed E-state index contributed by atoms with van der Waals surface area (Å²) in [6.45, 7) is 4.79. The molecule has 17 nitrogen and oxygen atoms in total. The van der Waals surface area contributed by atoms with Crippen LogP contribution in [0.4, 0.5) is 0 Å². The molecule has 0 rings (SSSR count). The van der Waals surface area contributed by atoms with Crippen LogP contribution in [0.25, 0.3) is 0 Å². The Hall–Kier alpha value is -1.94. The number of rotatable bonds is 60. The van der Waals surface area contributed by atoms with Crippen LogP contribution in [-0.4, -0.2) is 96.7 Å². The maximum absolute atomic E-state index is 12.9. The van der Waals surface area contributed by atoms with Crippen molar-refractivity contribution >= 4 is 39.5 Å². The third kappa shape index (κ3) is 53.4. The largest absolute Gasteiger partial charge is 0.472 e. The molecule has 5 atom stereocenters. The SMILES string of the molecule is CCCCCCCCCCCCCCCC(=O)O[C@H](COC(=O)CCCCCCCCCCC)COP(=O)(O)OC[C@@H](O)COP(=O)(O)OC[C@@H](COC(=O)CCCCCCCCCC)OC(=O)CCCCCCCCCC. The number of esters is 4. The van der Waals surface area contributed by atoms with Crippen molar-refractivity contribution in [1.29, 1.82) is 0 Å². The third-order valence-corrected chi connectivity index (χ3v) is 15.5. The number of unbranched alkanes of at least 4 members (excludes halogenated alkanes) is 34. The normalized spacial score (nSPS) is 14.3. The maximum atomic E-state index is 12.9. The predicted molar refractivity (Wildman–Crippen MR) is 308 cm³/mol. The molecule has 0 aliphatic rings. The lowest BCUT2D eigenvalue weighted by molar-refractivity contribution is -0.161. The smallest absolute Gasteiger partial charge is 0.462 e. The van der Waals surface area contributed by atoms with E-state index < -0.39 is 97.5 Å². The van der Waals surface area contributed by atoms with Gasteiger partial charge in [-0.3, -0.25) is 37.3 Å². The second kappa shape index (κ2) is 54.3. The predicted octanol–water partition coefficient (Wildman–Crippen LogP) is 16.0. The molecular formula is C59H114O17P2. The number of phosphoric ester groups is 2. The summed E-state index contributed by atoms with van der Waals surface area (Å²) in [7, 11) is -9.87. The first kappa shape index (κ1) is 76.1. The van der Waals surface area contributed by atoms with Gasteiger partial charge < -0.3 is 33.8 Å². The number of phosphoric acid groups is 2. The van der Waals surface area contributed by atoms with Gasteiger partial charge in [0.25, 0.3) is 0 Å². The Morgan fingerprint density at radius 3 is 0.756 bits per heavy atom. The molecule has 0 aliphatic heterocycles. The maximum Gasteiger partial charge on any atom is 0.472 e. The number of carbonyl (C=O) groups excluding carboxylic acids is 4. The van der Waals surface area contributed by atoms with Crippen LogP contribution in [0.3, 0.4) is 0 Å². The van der Waals surface area contributed by atoms with Crippen LogP contribution in [0.5, 0.6) is 0 Å². The van der Waals surface area contributed by atoms with Crippen LogP contribution in [0.2, 0.25) is 0 Å². The second-order valence-electron chi connectivity index (χ2n) is 21.4. The van der Waals surface area contributed by atoms with Gasteiger partial charge in [-0.1, -0.05) is 246 Å². The molecular weight excluding hydrogens is 1040 g/mol. The minimum atomic E-state index is -4.94. The van der Waals surface area contributed by atoms with E-state index in [4.69, 9.17) is 37.0 Å². The summed E-state index contributed by atoms with van der Waals surface area (Å²) in [6, 6.07) is 0. The van der Waals surface area contributed by atoms with Gasteiger partial charge in [-0.15, -0.1) is 0 Å².